The fraction of sp³-hybridized carbons (Fsp3) is 0.222. The van der Waals surface area contributed by atoms with Gasteiger partial charge < -0.3 is 19.8 Å². The number of furan rings is 1. The van der Waals surface area contributed by atoms with E-state index in [1.165, 1.54) is 0 Å². The van der Waals surface area contributed by atoms with E-state index in [0.717, 1.165) is 10.0 Å². The van der Waals surface area contributed by atoms with Crippen LogP contribution in [0.4, 0.5) is 4.79 Å². The van der Waals surface area contributed by atoms with E-state index in [2.05, 4.69) is 26.6 Å². The van der Waals surface area contributed by atoms with Crippen LogP contribution in [-0.4, -0.2) is 18.6 Å². The highest BCUT2D eigenvalue weighted by atomic mass is 79.9. The zero-order chi connectivity index (χ0) is 18.0. The van der Waals surface area contributed by atoms with E-state index in [1.807, 2.05) is 30.3 Å². The van der Waals surface area contributed by atoms with Crippen molar-refractivity contribution in [2.75, 3.05) is 6.61 Å². The molecule has 2 aromatic rings. The van der Waals surface area contributed by atoms with Crippen LogP contribution in [0.5, 0.6) is 0 Å². The van der Waals surface area contributed by atoms with Crippen LogP contribution in [0.3, 0.4) is 0 Å². The van der Waals surface area contributed by atoms with E-state index in [0.29, 0.717) is 22.8 Å². The molecule has 0 fully saturated rings. The molecule has 0 saturated heterocycles. The molecule has 0 spiro atoms. The van der Waals surface area contributed by atoms with Gasteiger partial charge in [-0.2, -0.15) is 0 Å². The smallest absolute Gasteiger partial charge is 0.338 e. The van der Waals surface area contributed by atoms with Crippen molar-refractivity contribution >= 4 is 27.9 Å². The van der Waals surface area contributed by atoms with Gasteiger partial charge in [-0.3, -0.25) is 0 Å². The molecule has 1 atom stereocenters. The van der Waals surface area contributed by atoms with Gasteiger partial charge in [0.25, 0.3) is 0 Å². The summed E-state index contributed by atoms with van der Waals surface area (Å²) < 4.78 is 12.0. The standard InChI is InChI=1S/C18H17BrN2O4/c1-3-24-17(22)15-10(2)20-18(23)21-16(15)14-8-7-13(25-14)11-5-4-6-12(19)9-11/h4-9,16H,3H2,1-2H3,(H2,20,21,23)/t16-/m0/s1. The van der Waals surface area contributed by atoms with E-state index in [-0.39, 0.29) is 6.61 Å². The van der Waals surface area contributed by atoms with E-state index in [4.69, 9.17) is 9.15 Å². The predicted octanol–water partition coefficient (Wildman–Crippen LogP) is 3.90. The molecule has 6 nitrogen and oxygen atoms in total. The lowest BCUT2D eigenvalue weighted by molar-refractivity contribution is -0.139. The summed E-state index contributed by atoms with van der Waals surface area (Å²) in [7, 11) is 0. The van der Waals surface area contributed by atoms with Crippen molar-refractivity contribution in [3.63, 3.8) is 0 Å². The minimum absolute atomic E-state index is 0.248. The van der Waals surface area contributed by atoms with Crippen LogP contribution < -0.4 is 10.6 Å². The molecule has 0 aliphatic carbocycles. The molecule has 1 aromatic heterocycles. The number of esters is 1. The maximum absolute atomic E-state index is 12.3. The van der Waals surface area contributed by atoms with Gasteiger partial charge >= 0.3 is 12.0 Å². The molecule has 2 heterocycles. The molecular weight excluding hydrogens is 388 g/mol. The molecule has 25 heavy (non-hydrogen) atoms. The summed E-state index contributed by atoms with van der Waals surface area (Å²) in [5.41, 5.74) is 1.67. The Hall–Kier alpha value is -2.54. The number of carbonyl (C=O) groups excluding carboxylic acids is 2. The van der Waals surface area contributed by atoms with Gasteiger partial charge in [0.1, 0.15) is 17.6 Å². The van der Waals surface area contributed by atoms with Crippen LogP contribution in [0.15, 0.2) is 56.6 Å². The van der Waals surface area contributed by atoms with Crippen molar-refractivity contribution < 1.29 is 18.7 Å². The van der Waals surface area contributed by atoms with E-state index in [9.17, 15) is 9.59 Å². The number of ether oxygens (including phenoxy) is 1. The molecule has 130 valence electrons. The molecule has 2 N–H and O–H groups in total. The second kappa shape index (κ2) is 7.14. The monoisotopic (exact) mass is 404 g/mol. The zero-order valence-electron chi connectivity index (χ0n) is 13.8. The van der Waals surface area contributed by atoms with Gasteiger partial charge in [-0.15, -0.1) is 0 Å². The Kier molecular flexibility index (Phi) is 4.94. The lowest BCUT2D eigenvalue weighted by Gasteiger charge is -2.26. The second-order valence-corrected chi connectivity index (χ2v) is 6.42. The SMILES string of the molecule is CCOC(=O)C1=C(C)NC(=O)N[C@H]1c1ccc(-c2cccc(Br)c2)o1. The van der Waals surface area contributed by atoms with Crippen molar-refractivity contribution in [3.05, 3.63) is 57.9 Å². The van der Waals surface area contributed by atoms with Gasteiger partial charge in [-0.1, -0.05) is 28.1 Å². The molecule has 7 heteroatoms. The normalized spacial score (nSPS) is 17.1. The Morgan fingerprint density at radius 3 is 2.84 bits per heavy atom. The third-order valence-corrected chi connectivity index (χ3v) is 4.28. The zero-order valence-corrected chi connectivity index (χ0v) is 15.3. The van der Waals surface area contributed by atoms with Crippen LogP contribution in [0.1, 0.15) is 25.6 Å². The number of halogens is 1. The number of hydrogen-bond donors (Lipinski definition) is 2. The molecular formula is C18H17BrN2O4. The number of amides is 2. The minimum atomic E-state index is -0.700. The van der Waals surface area contributed by atoms with Gasteiger partial charge in [0.05, 0.1) is 12.2 Å². The van der Waals surface area contributed by atoms with Gasteiger partial charge in [0, 0.05) is 15.7 Å². The van der Waals surface area contributed by atoms with Crippen LogP contribution in [0, 0.1) is 0 Å². The Morgan fingerprint density at radius 1 is 1.32 bits per heavy atom. The first-order valence-corrected chi connectivity index (χ1v) is 8.60. The van der Waals surface area contributed by atoms with Gasteiger partial charge in [0.2, 0.25) is 0 Å². The fourth-order valence-electron chi connectivity index (χ4n) is 2.69. The molecule has 0 unspecified atom stereocenters. The molecule has 2 amide bonds. The lowest BCUT2D eigenvalue weighted by atomic mass is 10.0. The first-order chi connectivity index (χ1) is 12.0. The van der Waals surface area contributed by atoms with E-state index < -0.39 is 18.0 Å². The predicted molar refractivity (Wildman–Crippen MR) is 95.6 cm³/mol. The molecule has 1 aliphatic heterocycles. The van der Waals surface area contributed by atoms with Gasteiger partial charge in [0.15, 0.2) is 0 Å². The molecule has 0 saturated carbocycles. The van der Waals surface area contributed by atoms with Gasteiger partial charge in [-0.25, -0.2) is 9.59 Å². The number of nitrogens with one attached hydrogen (secondary N) is 2. The topological polar surface area (TPSA) is 80.6 Å². The van der Waals surface area contributed by atoms with Crippen molar-refractivity contribution in [3.8, 4) is 11.3 Å². The third-order valence-electron chi connectivity index (χ3n) is 3.78. The maximum atomic E-state index is 12.3. The average molecular weight is 405 g/mol. The summed E-state index contributed by atoms with van der Waals surface area (Å²) in [6, 6.07) is 10.1. The van der Waals surface area contributed by atoms with Crippen molar-refractivity contribution in [1.82, 2.24) is 10.6 Å². The highest BCUT2D eigenvalue weighted by molar-refractivity contribution is 9.10. The van der Waals surface area contributed by atoms with Crippen molar-refractivity contribution in [2.24, 2.45) is 0 Å². The number of hydrogen-bond acceptors (Lipinski definition) is 4. The maximum Gasteiger partial charge on any atom is 0.338 e. The Morgan fingerprint density at radius 2 is 2.12 bits per heavy atom. The number of rotatable bonds is 4. The Balaban J connectivity index is 1.98. The van der Waals surface area contributed by atoms with Crippen molar-refractivity contribution in [2.45, 2.75) is 19.9 Å². The molecule has 1 aromatic carbocycles. The highest BCUT2D eigenvalue weighted by Crippen LogP contribution is 2.32. The van der Waals surface area contributed by atoms with E-state index in [1.54, 1.807) is 19.9 Å². The van der Waals surface area contributed by atoms with Gasteiger partial charge in [-0.05, 0) is 38.1 Å². The summed E-state index contributed by atoms with van der Waals surface area (Å²) in [5, 5.41) is 5.31. The van der Waals surface area contributed by atoms with Crippen LogP contribution in [0.25, 0.3) is 11.3 Å². The summed E-state index contributed by atoms with van der Waals surface area (Å²) in [6.07, 6.45) is 0. The highest BCUT2D eigenvalue weighted by Gasteiger charge is 2.34. The molecule has 0 radical (unpaired) electrons. The quantitative estimate of drug-likeness (QED) is 0.757. The molecule has 1 aliphatic rings. The third kappa shape index (κ3) is 3.61. The Bertz CT molecular complexity index is 856. The first-order valence-electron chi connectivity index (χ1n) is 7.80. The molecule has 3 rings (SSSR count). The summed E-state index contributed by atoms with van der Waals surface area (Å²) in [6.45, 7) is 3.64. The van der Waals surface area contributed by atoms with Crippen LogP contribution >= 0.6 is 15.9 Å². The largest absolute Gasteiger partial charge is 0.463 e. The van der Waals surface area contributed by atoms with Crippen LogP contribution in [0.2, 0.25) is 0 Å². The Labute approximate surface area is 153 Å². The van der Waals surface area contributed by atoms with Crippen LogP contribution in [-0.2, 0) is 9.53 Å². The minimum Gasteiger partial charge on any atom is -0.463 e. The summed E-state index contributed by atoms with van der Waals surface area (Å²) in [5.74, 6) is 0.620. The lowest BCUT2D eigenvalue weighted by Crippen LogP contribution is -2.45. The number of carbonyl (C=O) groups is 2. The first kappa shape index (κ1) is 17.3. The van der Waals surface area contributed by atoms with Crippen molar-refractivity contribution in [1.29, 1.82) is 0 Å². The number of benzene rings is 1. The average Bonchev–Trinajstić information content (AvgIpc) is 3.04. The fourth-order valence-corrected chi connectivity index (χ4v) is 3.09. The molecule has 0 bridgehead atoms. The second-order valence-electron chi connectivity index (χ2n) is 5.50. The summed E-state index contributed by atoms with van der Waals surface area (Å²) in [4.78, 5) is 24.1. The van der Waals surface area contributed by atoms with E-state index >= 15 is 0 Å². The summed E-state index contributed by atoms with van der Waals surface area (Å²) >= 11 is 3.43. The number of urea groups is 1. The number of allylic oxidation sites excluding steroid dienone is 1.